The summed E-state index contributed by atoms with van der Waals surface area (Å²) in [6.45, 7) is 13.9. The summed E-state index contributed by atoms with van der Waals surface area (Å²) in [6.07, 6.45) is 13.6. The molecular weight excluding hydrogens is 478 g/mol. The van der Waals surface area contributed by atoms with Crippen molar-refractivity contribution in [1.29, 1.82) is 0 Å². The average Bonchev–Trinajstić information content (AvgIpc) is 3.11. The Labute approximate surface area is 228 Å². The van der Waals surface area contributed by atoms with E-state index in [-0.39, 0.29) is 0 Å². The first kappa shape index (κ1) is 26.3. The van der Waals surface area contributed by atoms with Crippen molar-refractivity contribution in [3.05, 3.63) is 71.4 Å². The third-order valence-electron chi connectivity index (χ3n) is 8.55. The summed E-state index contributed by atoms with van der Waals surface area (Å²) in [5, 5.41) is 4.64. The Kier molecular flexibility index (Phi) is 8.53. The lowest BCUT2D eigenvalue weighted by molar-refractivity contribution is 0.0363. The van der Waals surface area contributed by atoms with E-state index >= 15 is 0 Å². The van der Waals surface area contributed by atoms with Gasteiger partial charge in [0.1, 0.15) is 5.82 Å². The highest BCUT2D eigenvalue weighted by Crippen LogP contribution is 2.40. The number of piperidine rings is 2. The molecule has 0 bridgehead atoms. The van der Waals surface area contributed by atoms with Crippen LogP contribution in [0.1, 0.15) is 54.7 Å². The number of nitrogens with zero attached hydrogens (tertiary/aromatic N) is 4. The van der Waals surface area contributed by atoms with Crippen LogP contribution in [-0.2, 0) is 12.8 Å². The Balaban J connectivity index is 0.000000655. The molecule has 1 aromatic carbocycles. The van der Waals surface area contributed by atoms with Crippen molar-refractivity contribution in [2.24, 2.45) is 0 Å². The molecule has 37 heavy (non-hydrogen) atoms. The minimum absolute atomic E-state index is 0.596. The van der Waals surface area contributed by atoms with Crippen LogP contribution in [0.25, 0.3) is 0 Å². The van der Waals surface area contributed by atoms with Gasteiger partial charge in [-0.05, 0) is 100 Å². The smallest absolute Gasteiger partial charge is 0.135 e. The lowest BCUT2D eigenvalue weighted by Gasteiger charge is -2.46. The second-order valence-corrected chi connectivity index (χ2v) is 11.4. The molecule has 5 heterocycles. The van der Waals surface area contributed by atoms with Gasteiger partial charge in [-0.2, -0.15) is 0 Å². The largest absolute Gasteiger partial charge is 0.371 e. The number of pyridine rings is 1. The highest BCUT2D eigenvalue weighted by atomic mass is 35.5. The second kappa shape index (κ2) is 12.0. The molecule has 3 fully saturated rings. The maximum atomic E-state index is 6.91. The Bertz CT molecular complexity index is 1090. The Morgan fingerprint density at radius 1 is 0.973 bits per heavy atom. The number of rotatable bonds is 4. The van der Waals surface area contributed by atoms with Crippen molar-refractivity contribution in [2.75, 3.05) is 56.5 Å². The minimum Gasteiger partial charge on any atom is -0.371 e. The molecule has 0 atom stereocenters. The summed E-state index contributed by atoms with van der Waals surface area (Å²) >= 11 is 6.91. The average molecular weight is 520 g/mol. The summed E-state index contributed by atoms with van der Waals surface area (Å²) in [6, 6.07) is 7.62. The molecular formula is C31H42ClN5. The minimum atomic E-state index is 0.596. The number of allylic oxidation sites excluding steroid dienone is 2. The Hall–Kier alpha value is -2.34. The molecule has 3 saturated heterocycles. The zero-order valence-electron chi connectivity index (χ0n) is 22.4. The van der Waals surface area contributed by atoms with Crippen molar-refractivity contribution in [1.82, 2.24) is 14.8 Å². The number of benzene rings is 1. The molecule has 6 rings (SSSR count). The third-order valence-corrected chi connectivity index (χ3v) is 8.89. The number of hydrogen-bond acceptors (Lipinski definition) is 5. The number of aromatic nitrogens is 1. The molecule has 6 heteroatoms. The summed E-state index contributed by atoms with van der Waals surface area (Å²) in [4.78, 5) is 12.4. The van der Waals surface area contributed by atoms with Crippen LogP contribution in [0.2, 0.25) is 5.02 Å². The number of fused-ring (bicyclic) bond motifs is 2. The van der Waals surface area contributed by atoms with Crippen molar-refractivity contribution < 1.29 is 0 Å². The van der Waals surface area contributed by atoms with Crippen LogP contribution in [0.15, 0.2) is 49.7 Å². The Morgan fingerprint density at radius 2 is 1.68 bits per heavy atom. The van der Waals surface area contributed by atoms with E-state index < -0.39 is 0 Å². The normalized spacial score (nSPS) is 20.9. The predicted molar refractivity (Wildman–Crippen MR) is 158 cm³/mol. The summed E-state index contributed by atoms with van der Waals surface area (Å²) < 4.78 is 0. The maximum absolute atomic E-state index is 6.91. The monoisotopic (exact) mass is 519 g/mol. The molecule has 198 valence electrons. The quantitative estimate of drug-likeness (QED) is 0.471. The molecule has 0 spiro atoms. The molecule has 1 N–H and O–H groups in total. The first-order valence-electron chi connectivity index (χ1n) is 14.1. The number of anilines is 3. The standard InChI is InChI=1S/C27H36ClN5.C4H6/c1-31-17-21(18-31)32-13-8-19(9-14-32)20-15-24(28)22-5-6-23-26(33-11-3-2-4-12-33)7-10-29-27(23)30-25(22)16-20;1-3-4-2/h7,10,15-16,19,21H,2-6,8-9,11-14,17-18H2,1H3,(H,29,30);3-4H,1-2H2. The zero-order valence-corrected chi connectivity index (χ0v) is 23.1. The first-order chi connectivity index (χ1) is 18.1. The highest BCUT2D eigenvalue weighted by Gasteiger charge is 2.32. The molecule has 4 aliphatic rings. The van der Waals surface area contributed by atoms with Crippen LogP contribution < -0.4 is 10.2 Å². The van der Waals surface area contributed by atoms with E-state index in [1.54, 1.807) is 12.2 Å². The number of likely N-dealkylation sites (tertiary alicyclic amines) is 2. The third kappa shape index (κ3) is 5.89. The molecule has 5 nitrogen and oxygen atoms in total. The van der Waals surface area contributed by atoms with Gasteiger partial charge in [-0.3, -0.25) is 4.90 Å². The highest BCUT2D eigenvalue weighted by molar-refractivity contribution is 6.32. The lowest BCUT2D eigenvalue weighted by Crippen LogP contribution is -2.59. The van der Waals surface area contributed by atoms with E-state index in [9.17, 15) is 0 Å². The SMILES string of the molecule is C=CC=C.CN1CC(N2CCC(c3cc(Cl)c4c(c3)Nc3nccc(N5CCCCC5)c3CC4)CC2)C1. The van der Waals surface area contributed by atoms with E-state index in [1.807, 2.05) is 6.20 Å². The molecule has 2 aromatic rings. The van der Waals surface area contributed by atoms with E-state index in [4.69, 9.17) is 16.6 Å². The van der Waals surface area contributed by atoms with Crippen LogP contribution in [0.4, 0.5) is 17.2 Å². The van der Waals surface area contributed by atoms with Crippen LogP contribution >= 0.6 is 11.6 Å². The molecule has 0 radical (unpaired) electrons. The van der Waals surface area contributed by atoms with E-state index in [1.165, 1.54) is 86.3 Å². The molecule has 0 unspecified atom stereocenters. The van der Waals surface area contributed by atoms with Crippen molar-refractivity contribution in [3.8, 4) is 0 Å². The predicted octanol–water partition coefficient (Wildman–Crippen LogP) is 6.42. The van der Waals surface area contributed by atoms with Gasteiger partial charge < -0.3 is 15.1 Å². The summed E-state index contributed by atoms with van der Waals surface area (Å²) in [5.74, 6) is 1.62. The van der Waals surface area contributed by atoms with E-state index in [2.05, 4.69) is 58.4 Å². The fraction of sp³-hybridized carbons (Fsp3) is 0.516. The first-order valence-corrected chi connectivity index (χ1v) is 14.4. The van der Waals surface area contributed by atoms with Gasteiger partial charge in [0.2, 0.25) is 0 Å². The van der Waals surface area contributed by atoms with Gasteiger partial charge in [-0.15, -0.1) is 0 Å². The van der Waals surface area contributed by atoms with Crippen molar-refractivity contribution >= 4 is 28.8 Å². The number of hydrogen-bond donors (Lipinski definition) is 1. The number of halogens is 1. The van der Waals surface area contributed by atoms with Gasteiger partial charge in [0.05, 0.1) is 0 Å². The van der Waals surface area contributed by atoms with E-state index in [0.717, 1.165) is 42.8 Å². The van der Waals surface area contributed by atoms with Crippen LogP contribution in [0, 0.1) is 0 Å². The maximum Gasteiger partial charge on any atom is 0.135 e. The molecule has 0 saturated carbocycles. The van der Waals surface area contributed by atoms with Gasteiger partial charge in [-0.25, -0.2) is 4.98 Å². The number of likely N-dealkylation sites (N-methyl/N-ethyl adjacent to an activating group) is 1. The fourth-order valence-electron chi connectivity index (χ4n) is 6.40. The molecule has 1 aromatic heterocycles. The van der Waals surface area contributed by atoms with Crippen molar-refractivity contribution in [2.45, 2.75) is 56.9 Å². The second-order valence-electron chi connectivity index (χ2n) is 11.0. The van der Waals surface area contributed by atoms with Crippen LogP contribution in [-0.4, -0.2) is 67.1 Å². The lowest BCUT2D eigenvalue weighted by atomic mass is 9.87. The van der Waals surface area contributed by atoms with E-state index in [0.29, 0.717) is 5.92 Å². The zero-order chi connectivity index (χ0) is 25.8. The van der Waals surface area contributed by atoms with Crippen molar-refractivity contribution in [3.63, 3.8) is 0 Å². The van der Waals surface area contributed by atoms with Gasteiger partial charge in [-0.1, -0.05) is 36.9 Å². The van der Waals surface area contributed by atoms with Gasteiger partial charge in [0, 0.05) is 60.4 Å². The number of nitrogens with one attached hydrogen (secondary N) is 1. The molecule has 4 aliphatic heterocycles. The fourth-order valence-corrected chi connectivity index (χ4v) is 6.72. The van der Waals surface area contributed by atoms with Crippen LogP contribution in [0.5, 0.6) is 0 Å². The van der Waals surface area contributed by atoms with Gasteiger partial charge in [0.25, 0.3) is 0 Å². The summed E-state index contributed by atoms with van der Waals surface area (Å²) in [5.41, 5.74) is 6.53. The Morgan fingerprint density at radius 3 is 2.35 bits per heavy atom. The molecule has 0 amide bonds. The van der Waals surface area contributed by atoms with Gasteiger partial charge in [0.15, 0.2) is 0 Å². The molecule has 0 aliphatic carbocycles. The van der Waals surface area contributed by atoms with Gasteiger partial charge >= 0.3 is 0 Å². The van der Waals surface area contributed by atoms with Crippen LogP contribution in [0.3, 0.4) is 0 Å². The topological polar surface area (TPSA) is 34.6 Å². The summed E-state index contributed by atoms with van der Waals surface area (Å²) in [7, 11) is 2.22.